The highest BCUT2D eigenvalue weighted by Crippen LogP contribution is 2.34. The molecule has 2 aliphatic rings. The lowest BCUT2D eigenvalue weighted by molar-refractivity contribution is -0.120. The second-order valence-corrected chi connectivity index (χ2v) is 14.4. The third kappa shape index (κ3) is 9.83. The number of ether oxygens (including phenoxy) is 1. The molecule has 2 fully saturated rings. The Balaban J connectivity index is 0.000000217. The van der Waals surface area contributed by atoms with Crippen LogP contribution in [0.3, 0.4) is 0 Å². The van der Waals surface area contributed by atoms with E-state index in [1.807, 2.05) is 6.07 Å². The number of rotatable bonds is 10. The van der Waals surface area contributed by atoms with Crippen LogP contribution in [0.5, 0.6) is 0 Å². The van der Waals surface area contributed by atoms with Crippen molar-refractivity contribution in [2.75, 3.05) is 26.7 Å². The van der Waals surface area contributed by atoms with Crippen molar-refractivity contribution in [1.82, 2.24) is 14.9 Å². The number of hydrogen-bond acceptors (Lipinski definition) is 6. The summed E-state index contributed by atoms with van der Waals surface area (Å²) in [5, 5.41) is 5.75. The molecule has 1 saturated carbocycles. The van der Waals surface area contributed by atoms with Crippen molar-refractivity contribution in [1.29, 1.82) is 0 Å². The maximum Gasteiger partial charge on any atom is 0.407 e. The lowest BCUT2D eigenvalue weighted by Gasteiger charge is -2.37. The number of amides is 2. The highest BCUT2D eigenvalue weighted by atomic mass is 32.2. The summed E-state index contributed by atoms with van der Waals surface area (Å²) in [6.07, 6.45) is 6.61. The molecule has 0 radical (unpaired) electrons. The number of benzene rings is 3. The molecule has 4 atom stereocenters. The SMILES string of the molecule is COC(=O)NC(C(N)=O)C(c1ccc(F)cc1)c1ccc(F)cc1.C[C@H]1CCCC[C@@H]1CC[C@H]1CNCCN1S(=O)(=O)c1ccccc1. The van der Waals surface area contributed by atoms with E-state index in [9.17, 15) is 26.8 Å². The van der Waals surface area contributed by atoms with Gasteiger partial charge in [-0.2, -0.15) is 4.31 Å². The van der Waals surface area contributed by atoms with Crippen LogP contribution in [-0.4, -0.2) is 63.6 Å². The molecule has 1 heterocycles. The number of halogens is 2. The standard InChI is InChI=1S/C19H30N2O2S.C17H16F2N2O3/c1-16-7-5-6-8-17(16)11-12-18-15-20-13-14-21(18)24(22,23)19-9-3-2-4-10-19;1-24-17(23)21-15(16(20)22)14(10-2-6-12(18)7-3-10)11-4-8-13(19)9-5-11/h2-4,9-10,16-18,20H,5-8,11-15H2,1H3;2-9,14-15H,1H3,(H2,20,22)(H,21,23)/t16-,17+,18-;/m0./s1. The summed E-state index contributed by atoms with van der Waals surface area (Å²) in [4.78, 5) is 23.8. The number of sulfonamides is 1. The van der Waals surface area contributed by atoms with Crippen LogP contribution in [-0.2, 0) is 19.6 Å². The van der Waals surface area contributed by atoms with Gasteiger partial charge in [0.25, 0.3) is 0 Å². The highest BCUT2D eigenvalue weighted by Gasteiger charge is 2.34. The van der Waals surface area contributed by atoms with Crippen LogP contribution in [0.25, 0.3) is 0 Å². The van der Waals surface area contributed by atoms with Gasteiger partial charge in [-0.3, -0.25) is 4.79 Å². The molecule has 3 aromatic carbocycles. The number of hydrogen-bond donors (Lipinski definition) is 3. The fraction of sp³-hybridized carbons (Fsp3) is 0.444. The maximum atomic E-state index is 13.2. The highest BCUT2D eigenvalue weighted by molar-refractivity contribution is 7.89. The van der Waals surface area contributed by atoms with Gasteiger partial charge in [0.05, 0.1) is 12.0 Å². The lowest BCUT2D eigenvalue weighted by atomic mass is 9.77. The zero-order valence-electron chi connectivity index (χ0n) is 27.5. The van der Waals surface area contributed by atoms with Gasteiger partial charge in [-0.15, -0.1) is 0 Å². The van der Waals surface area contributed by atoms with Crippen molar-refractivity contribution in [3.05, 3.63) is 102 Å². The first-order chi connectivity index (χ1) is 23.0. The number of nitrogens with one attached hydrogen (secondary N) is 2. The summed E-state index contributed by atoms with van der Waals surface area (Å²) >= 11 is 0. The molecular formula is C36H46F2N4O5S. The van der Waals surface area contributed by atoms with Crippen molar-refractivity contribution < 1.29 is 31.5 Å². The molecule has 9 nitrogen and oxygen atoms in total. The van der Waals surface area contributed by atoms with Crippen LogP contribution >= 0.6 is 0 Å². The minimum atomic E-state index is -3.38. The molecule has 260 valence electrons. The summed E-state index contributed by atoms with van der Waals surface area (Å²) in [7, 11) is -2.23. The van der Waals surface area contributed by atoms with E-state index >= 15 is 0 Å². The zero-order chi connectivity index (χ0) is 34.7. The summed E-state index contributed by atoms with van der Waals surface area (Å²) in [6, 6.07) is 18.6. The molecule has 1 aliphatic heterocycles. The predicted molar refractivity (Wildman–Crippen MR) is 181 cm³/mol. The number of carbonyl (C=O) groups excluding carboxylic acids is 2. The largest absolute Gasteiger partial charge is 0.453 e. The summed E-state index contributed by atoms with van der Waals surface area (Å²) in [5.74, 6) is -0.889. The number of nitrogens with two attached hydrogens (primary N) is 1. The van der Waals surface area contributed by atoms with E-state index in [-0.39, 0.29) is 6.04 Å². The van der Waals surface area contributed by atoms with E-state index in [1.165, 1.54) is 74.2 Å². The third-order valence-electron chi connectivity index (χ3n) is 9.36. The quantitative estimate of drug-likeness (QED) is 0.256. The topological polar surface area (TPSA) is 131 Å². The van der Waals surface area contributed by atoms with Crippen molar-refractivity contribution in [2.24, 2.45) is 17.6 Å². The molecule has 3 aromatic rings. The van der Waals surface area contributed by atoms with Gasteiger partial charge < -0.3 is 21.1 Å². The molecule has 48 heavy (non-hydrogen) atoms. The van der Waals surface area contributed by atoms with Crippen LogP contribution in [0.1, 0.15) is 62.5 Å². The number of methoxy groups -OCH3 is 1. The first kappa shape index (κ1) is 37.0. The van der Waals surface area contributed by atoms with Crippen LogP contribution in [0.2, 0.25) is 0 Å². The van der Waals surface area contributed by atoms with Crippen LogP contribution in [0.15, 0.2) is 83.8 Å². The van der Waals surface area contributed by atoms with Crippen molar-refractivity contribution >= 4 is 22.0 Å². The third-order valence-corrected chi connectivity index (χ3v) is 11.3. The molecule has 1 saturated heterocycles. The zero-order valence-corrected chi connectivity index (χ0v) is 28.3. The molecule has 12 heteroatoms. The molecule has 1 aliphatic carbocycles. The molecule has 0 bridgehead atoms. The molecule has 5 rings (SSSR count). The monoisotopic (exact) mass is 684 g/mol. The molecule has 0 aromatic heterocycles. The van der Waals surface area contributed by atoms with Crippen LogP contribution in [0.4, 0.5) is 13.6 Å². The second-order valence-electron chi connectivity index (χ2n) is 12.5. The van der Waals surface area contributed by atoms with E-state index in [2.05, 4.69) is 22.3 Å². The summed E-state index contributed by atoms with van der Waals surface area (Å²) < 4.78 is 58.7. The van der Waals surface area contributed by atoms with E-state index in [0.717, 1.165) is 44.9 Å². The van der Waals surface area contributed by atoms with Gasteiger partial charge in [-0.05, 0) is 72.2 Å². The Bertz CT molecular complexity index is 1530. The maximum absolute atomic E-state index is 13.2. The predicted octanol–water partition coefficient (Wildman–Crippen LogP) is 5.56. The van der Waals surface area contributed by atoms with Gasteiger partial charge in [0.15, 0.2) is 0 Å². The number of piperazine rings is 1. The van der Waals surface area contributed by atoms with E-state index in [0.29, 0.717) is 22.6 Å². The van der Waals surface area contributed by atoms with Gasteiger partial charge in [0, 0.05) is 31.6 Å². The Morgan fingerprint density at radius 3 is 2.06 bits per heavy atom. The molecule has 2 amide bonds. The molecule has 0 spiro atoms. The number of carbonyl (C=O) groups is 2. The van der Waals surface area contributed by atoms with Crippen molar-refractivity contribution in [3.63, 3.8) is 0 Å². The Hall–Kier alpha value is -3.87. The number of primary amides is 1. The molecule has 4 N–H and O–H groups in total. The Morgan fingerprint density at radius 1 is 0.938 bits per heavy atom. The van der Waals surface area contributed by atoms with E-state index < -0.39 is 45.6 Å². The minimum absolute atomic E-state index is 0.0816. The first-order valence-corrected chi connectivity index (χ1v) is 17.9. The van der Waals surface area contributed by atoms with Gasteiger partial charge in [-0.25, -0.2) is 22.0 Å². The molecule has 1 unspecified atom stereocenters. The van der Waals surface area contributed by atoms with Crippen LogP contribution in [0, 0.1) is 23.5 Å². The molecular weight excluding hydrogens is 638 g/mol. The normalized spacial score (nSPS) is 20.6. The lowest BCUT2D eigenvalue weighted by Crippen LogP contribution is -2.53. The summed E-state index contributed by atoms with van der Waals surface area (Å²) in [5.41, 5.74) is 6.48. The van der Waals surface area contributed by atoms with Gasteiger partial charge in [0.1, 0.15) is 17.7 Å². The summed E-state index contributed by atoms with van der Waals surface area (Å²) in [6.45, 7) is 4.44. The average Bonchev–Trinajstić information content (AvgIpc) is 3.09. The van der Waals surface area contributed by atoms with Gasteiger partial charge in [0.2, 0.25) is 15.9 Å². The van der Waals surface area contributed by atoms with Crippen molar-refractivity contribution in [3.8, 4) is 0 Å². The minimum Gasteiger partial charge on any atom is -0.453 e. The number of alkyl carbamates (subject to hydrolysis) is 1. The smallest absolute Gasteiger partial charge is 0.407 e. The van der Waals surface area contributed by atoms with Gasteiger partial charge in [-0.1, -0.05) is 75.1 Å². The Kier molecular flexibility index (Phi) is 13.5. The Morgan fingerprint density at radius 2 is 1.52 bits per heavy atom. The fourth-order valence-electron chi connectivity index (χ4n) is 6.68. The van der Waals surface area contributed by atoms with Gasteiger partial charge >= 0.3 is 6.09 Å². The van der Waals surface area contributed by atoms with E-state index in [4.69, 9.17) is 5.73 Å². The van der Waals surface area contributed by atoms with Crippen molar-refractivity contribution in [2.45, 2.75) is 68.3 Å². The first-order valence-electron chi connectivity index (χ1n) is 16.4. The van der Waals surface area contributed by atoms with E-state index in [1.54, 1.807) is 28.6 Å². The number of nitrogens with zero attached hydrogens (tertiary/aromatic N) is 1. The fourth-order valence-corrected chi connectivity index (χ4v) is 8.36. The van der Waals surface area contributed by atoms with Crippen LogP contribution < -0.4 is 16.4 Å². The Labute approximate surface area is 282 Å². The second kappa shape index (κ2) is 17.5. The average molecular weight is 685 g/mol.